The summed E-state index contributed by atoms with van der Waals surface area (Å²) in [6.07, 6.45) is 6.29. The number of hydrogen-bond acceptors (Lipinski definition) is 3. The predicted molar refractivity (Wildman–Crippen MR) is 62.9 cm³/mol. The van der Waals surface area contributed by atoms with Gasteiger partial charge in [0.15, 0.2) is 0 Å². The van der Waals surface area contributed by atoms with Crippen molar-refractivity contribution >= 4 is 0 Å². The lowest BCUT2D eigenvalue weighted by Gasteiger charge is -2.34. The minimum atomic E-state index is 0.650. The third kappa shape index (κ3) is 2.56. The summed E-state index contributed by atoms with van der Waals surface area (Å²) in [6, 6.07) is 3.00. The van der Waals surface area contributed by atoms with Crippen LogP contribution in [-0.2, 0) is 4.74 Å². The fourth-order valence-electron chi connectivity index (χ4n) is 3.50. The summed E-state index contributed by atoms with van der Waals surface area (Å²) in [5.74, 6) is 1.88. The molecule has 2 saturated carbocycles. The van der Waals surface area contributed by atoms with Gasteiger partial charge >= 0.3 is 0 Å². The second-order valence-corrected chi connectivity index (χ2v) is 5.18. The molecule has 2 aliphatic carbocycles. The molecule has 2 bridgehead atoms. The fourth-order valence-corrected chi connectivity index (χ4v) is 3.50. The minimum Gasteiger partial charge on any atom is -0.383 e. The van der Waals surface area contributed by atoms with E-state index in [0.717, 1.165) is 37.6 Å². The molecule has 90 valence electrons. The Morgan fingerprint density at radius 1 is 1.31 bits per heavy atom. The smallest absolute Gasteiger partial charge is 0.0635 e. The van der Waals surface area contributed by atoms with Crippen LogP contribution in [-0.4, -0.2) is 37.7 Å². The summed E-state index contributed by atoms with van der Waals surface area (Å²) in [7, 11) is 1.75. The second-order valence-electron chi connectivity index (χ2n) is 5.18. The maximum Gasteiger partial charge on any atom is 0.0635 e. The van der Waals surface area contributed by atoms with Gasteiger partial charge in [0.1, 0.15) is 0 Å². The molecule has 0 aromatic carbocycles. The van der Waals surface area contributed by atoms with Gasteiger partial charge in [0.2, 0.25) is 0 Å². The van der Waals surface area contributed by atoms with E-state index in [-0.39, 0.29) is 0 Å². The van der Waals surface area contributed by atoms with E-state index in [1.807, 2.05) is 0 Å². The topological polar surface area (TPSA) is 36.3 Å². The van der Waals surface area contributed by atoms with Crippen LogP contribution in [0, 0.1) is 23.2 Å². The molecular formula is C13H22N2O. The molecule has 0 N–H and O–H groups in total. The molecule has 0 radical (unpaired) electrons. The lowest BCUT2D eigenvalue weighted by Crippen LogP contribution is -2.41. The van der Waals surface area contributed by atoms with Gasteiger partial charge in [-0.1, -0.05) is 6.42 Å². The Hall–Kier alpha value is -0.590. The van der Waals surface area contributed by atoms with Crippen molar-refractivity contribution in [3.63, 3.8) is 0 Å². The summed E-state index contributed by atoms with van der Waals surface area (Å²) in [5, 5.41) is 8.71. The van der Waals surface area contributed by atoms with Crippen LogP contribution in [0.5, 0.6) is 0 Å². The largest absolute Gasteiger partial charge is 0.383 e. The van der Waals surface area contributed by atoms with E-state index < -0.39 is 0 Å². The number of hydrogen-bond donors (Lipinski definition) is 0. The van der Waals surface area contributed by atoms with E-state index in [1.54, 1.807) is 7.11 Å². The highest BCUT2D eigenvalue weighted by molar-refractivity contribution is 4.95. The summed E-state index contributed by atoms with van der Waals surface area (Å²) in [6.45, 7) is 2.71. The molecule has 16 heavy (non-hydrogen) atoms. The molecule has 3 unspecified atom stereocenters. The average Bonchev–Trinajstić information content (AvgIpc) is 2.91. The van der Waals surface area contributed by atoms with Crippen LogP contribution >= 0.6 is 0 Å². The molecule has 2 rings (SSSR count). The Morgan fingerprint density at radius 2 is 2.19 bits per heavy atom. The van der Waals surface area contributed by atoms with Crippen molar-refractivity contribution in [2.75, 3.05) is 26.8 Å². The molecule has 3 atom stereocenters. The van der Waals surface area contributed by atoms with Crippen LogP contribution in [0.1, 0.15) is 32.1 Å². The first-order valence-electron chi connectivity index (χ1n) is 6.45. The van der Waals surface area contributed by atoms with Crippen molar-refractivity contribution in [3.8, 4) is 6.07 Å². The standard InChI is InChI=1S/C13H22N2O/c1-16-8-7-15(6-2-5-14)13-10-11-3-4-12(13)9-11/h11-13H,2-4,6-10H2,1H3. The van der Waals surface area contributed by atoms with E-state index in [1.165, 1.54) is 25.7 Å². The van der Waals surface area contributed by atoms with Crippen molar-refractivity contribution in [2.45, 2.75) is 38.1 Å². The van der Waals surface area contributed by atoms with E-state index in [2.05, 4.69) is 11.0 Å². The molecule has 3 nitrogen and oxygen atoms in total. The number of fused-ring (bicyclic) bond motifs is 2. The Morgan fingerprint density at radius 3 is 2.75 bits per heavy atom. The predicted octanol–water partition coefficient (Wildman–Crippen LogP) is 2.04. The molecule has 3 heteroatoms. The zero-order valence-corrected chi connectivity index (χ0v) is 10.2. The summed E-state index contributed by atoms with van der Waals surface area (Å²) in [5.41, 5.74) is 0. The minimum absolute atomic E-state index is 0.650. The van der Waals surface area contributed by atoms with Gasteiger partial charge in [0.25, 0.3) is 0 Å². The third-order valence-corrected chi connectivity index (χ3v) is 4.26. The van der Waals surface area contributed by atoms with Crippen molar-refractivity contribution in [3.05, 3.63) is 0 Å². The fraction of sp³-hybridized carbons (Fsp3) is 0.923. The van der Waals surface area contributed by atoms with Crippen molar-refractivity contribution < 1.29 is 4.74 Å². The molecule has 2 aliphatic rings. The number of ether oxygens (including phenoxy) is 1. The van der Waals surface area contributed by atoms with Crippen LogP contribution in [0.3, 0.4) is 0 Å². The monoisotopic (exact) mass is 222 g/mol. The average molecular weight is 222 g/mol. The Kier molecular flexibility index (Phi) is 4.20. The van der Waals surface area contributed by atoms with Gasteiger partial charge in [0.05, 0.1) is 12.7 Å². The summed E-state index contributed by atoms with van der Waals surface area (Å²) in [4.78, 5) is 2.50. The van der Waals surface area contributed by atoms with E-state index >= 15 is 0 Å². The van der Waals surface area contributed by atoms with Crippen molar-refractivity contribution in [1.29, 1.82) is 5.26 Å². The van der Waals surface area contributed by atoms with Gasteiger partial charge in [-0.15, -0.1) is 0 Å². The van der Waals surface area contributed by atoms with Crippen molar-refractivity contribution in [2.24, 2.45) is 11.8 Å². The highest BCUT2D eigenvalue weighted by atomic mass is 16.5. The normalized spacial score (nSPS) is 32.2. The first kappa shape index (κ1) is 11.9. The van der Waals surface area contributed by atoms with Crippen molar-refractivity contribution in [1.82, 2.24) is 4.90 Å². The number of nitrogens with zero attached hydrogens (tertiary/aromatic N) is 2. The molecule has 0 saturated heterocycles. The van der Waals surface area contributed by atoms with Crippen LogP contribution < -0.4 is 0 Å². The molecular weight excluding hydrogens is 200 g/mol. The Labute approximate surface area is 98.4 Å². The highest BCUT2D eigenvalue weighted by Crippen LogP contribution is 2.46. The van der Waals surface area contributed by atoms with E-state index in [0.29, 0.717) is 6.42 Å². The number of rotatable bonds is 6. The molecule has 2 fully saturated rings. The zero-order valence-electron chi connectivity index (χ0n) is 10.2. The maximum absolute atomic E-state index is 8.71. The summed E-state index contributed by atoms with van der Waals surface area (Å²) >= 11 is 0. The quantitative estimate of drug-likeness (QED) is 0.690. The third-order valence-electron chi connectivity index (χ3n) is 4.26. The second kappa shape index (κ2) is 5.65. The molecule has 0 aromatic rings. The molecule has 0 amide bonds. The van der Waals surface area contributed by atoms with E-state index in [4.69, 9.17) is 10.00 Å². The van der Waals surface area contributed by atoms with Gasteiger partial charge in [-0.2, -0.15) is 5.26 Å². The van der Waals surface area contributed by atoms with Gasteiger partial charge in [0, 0.05) is 32.7 Å². The van der Waals surface area contributed by atoms with Gasteiger partial charge in [-0.05, 0) is 31.1 Å². The zero-order chi connectivity index (χ0) is 11.4. The molecule has 0 aromatic heterocycles. The number of methoxy groups -OCH3 is 1. The van der Waals surface area contributed by atoms with Crippen LogP contribution in [0.4, 0.5) is 0 Å². The van der Waals surface area contributed by atoms with Gasteiger partial charge in [-0.3, -0.25) is 4.90 Å². The summed E-state index contributed by atoms with van der Waals surface area (Å²) < 4.78 is 5.17. The first-order chi connectivity index (χ1) is 7.85. The Bertz CT molecular complexity index is 261. The van der Waals surface area contributed by atoms with Gasteiger partial charge < -0.3 is 4.74 Å². The van der Waals surface area contributed by atoms with Crippen LogP contribution in [0.25, 0.3) is 0 Å². The lowest BCUT2D eigenvalue weighted by atomic mass is 9.94. The van der Waals surface area contributed by atoms with E-state index in [9.17, 15) is 0 Å². The molecule has 0 spiro atoms. The first-order valence-corrected chi connectivity index (χ1v) is 6.45. The Balaban J connectivity index is 1.87. The lowest BCUT2D eigenvalue weighted by molar-refractivity contribution is 0.0962. The SMILES string of the molecule is COCCN(CCC#N)C1CC2CCC1C2. The maximum atomic E-state index is 8.71. The molecule has 0 heterocycles. The van der Waals surface area contributed by atoms with Crippen LogP contribution in [0.15, 0.2) is 0 Å². The molecule has 0 aliphatic heterocycles. The number of nitriles is 1. The highest BCUT2D eigenvalue weighted by Gasteiger charge is 2.41. The van der Waals surface area contributed by atoms with Gasteiger partial charge in [-0.25, -0.2) is 0 Å². The van der Waals surface area contributed by atoms with Crippen LogP contribution in [0.2, 0.25) is 0 Å².